The third-order valence-electron chi connectivity index (χ3n) is 3.28. The first-order chi connectivity index (χ1) is 10.4. The van der Waals surface area contributed by atoms with Gasteiger partial charge in [-0.05, 0) is 28.1 Å². The van der Waals surface area contributed by atoms with Crippen molar-refractivity contribution in [3.05, 3.63) is 33.7 Å². The zero-order valence-corrected chi connectivity index (χ0v) is 14.9. The molecular weight excluding hydrogens is 398 g/mol. The van der Waals surface area contributed by atoms with Gasteiger partial charge in [-0.15, -0.1) is 0 Å². The Morgan fingerprint density at radius 1 is 1.26 bits per heavy atom. The first kappa shape index (κ1) is 17.9. The lowest BCUT2D eigenvalue weighted by Crippen LogP contribution is -2.41. The normalized spacial score (nSPS) is 12.7. The van der Waals surface area contributed by atoms with Gasteiger partial charge in [0.25, 0.3) is 0 Å². The topological polar surface area (TPSA) is 50.2 Å². The second-order valence-corrected chi connectivity index (χ2v) is 11.8. The van der Waals surface area contributed by atoms with Crippen LogP contribution in [0.15, 0.2) is 16.6 Å². The van der Waals surface area contributed by atoms with E-state index in [4.69, 9.17) is 5.11 Å². The molecular formula is C14H12BrF4NO2Si. The number of benzene rings is 1. The molecule has 0 atom stereocenters. The third-order valence-corrected chi connectivity index (χ3v) is 6.08. The second-order valence-electron chi connectivity index (χ2n) is 6.02. The number of carboxylic acid groups (broad SMARTS) is 1. The van der Waals surface area contributed by atoms with Crippen LogP contribution in [0, 0.1) is 5.82 Å². The molecule has 124 valence electrons. The van der Waals surface area contributed by atoms with Crippen molar-refractivity contribution in [1.29, 1.82) is 0 Å². The van der Waals surface area contributed by atoms with Crippen molar-refractivity contribution < 1.29 is 27.5 Å². The van der Waals surface area contributed by atoms with E-state index in [1.807, 2.05) is 0 Å². The minimum absolute atomic E-state index is 0.137. The standard InChI is InChI=1S/C14H12BrF4NO2Si/c1-23(2,3)11-7(16)5-4-6-9(15)8(13(21)22)12(14(17,18)19)20-10(6)11/h4-5H,1-3H3,(H,21,22). The van der Waals surface area contributed by atoms with Crippen molar-refractivity contribution in [3.8, 4) is 0 Å². The van der Waals surface area contributed by atoms with Crippen molar-refractivity contribution in [3.63, 3.8) is 0 Å². The summed E-state index contributed by atoms with van der Waals surface area (Å²) in [4.78, 5) is 14.8. The molecule has 1 aromatic carbocycles. The quantitative estimate of drug-likeness (QED) is 0.590. The van der Waals surface area contributed by atoms with Gasteiger partial charge in [-0.2, -0.15) is 13.2 Å². The number of hydrogen-bond acceptors (Lipinski definition) is 2. The van der Waals surface area contributed by atoms with Crippen LogP contribution in [0.4, 0.5) is 17.6 Å². The zero-order valence-electron chi connectivity index (χ0n) is 12.3. The molecule has 0 unspecified atom stereocenters. The number of aromatic carboxylic acids is 1. The number of rotatable bonds is 2. The van der Waals surface area contributed by atoms with E-state index in [-0.39, 0.29) is 20.6 Å². The number of carbonyl (C=O) groups is 1. The second kappa shape index (κ2) is 5.55. The summed E-state index contributed by atoms with van der Waals surface area (Å²) in [7, 11) is -2.36. The molecule has 3 nitrogen and oxygen atoms in total. The minimum Gasteiger partial charge on any atom is -0.478 e. The summed E-state index contributed by atoms with van der Waals surface area (Å²) < 4.78 is 53.6. The smallest absolute Gasteiger partial charge is 0.434 e. The Kier molecular flexibility index (Phi) is 4.31. The number of pyridine rings is 1. The largest absolute Gasteiger partial charge is 0.478 e. The van der Waals surface area contributed by atoms with E-state index < -0.39 is 37.3 Å². The number of fused-ring (bicyclic) bond motifs is 1. The fraction of sp³-hybridized carbons (Fsp3) is 0.286. The molecule has 0 spiro atoms. The van der Waals surface area contributed by atoms with Gasteiger partial charge in [-0.3, -0.25) is 0 Å². The Labute approximate surface area is 138 Å². The summed E-state index contributed by atoms with van der Waals surface area (Å²) in [5.41, 5.74) is -2.65. The van der Waals surface area contributed by atoms with Gasteiger partial charge in [-0.25, -0.2) is 14.2 Å². The summed E-state index contributed by atoms with van der Waals surface area (Å²) >= 11 is 2.92. The summed E-state index contributed by atoms with van der Waals surface area (Å²) in [6.45, 7) is 5.33. The third kappa shape index (κ3) is 3.12. The Balaban J connectivity index is 3.08. The summed E-state index contributed by atoms with van der Waals surface area (Å²) in [5.74, 6) is -2.38. The first-order valence-electron chi connectivity index (χ1n) is 6.48. The molecule has 1 aromatic heterocycles. The van der Waals surface area contributed by atoms with E-state index in [1.54, 1.807) is 19.6 Å². The minimum atomic E-state index is -4.96. The molecule has 0 fully saturated rings. The van der Waals surface area contributed by atoms with Gasteiger partial charge in [0.2, 0.25) is 0 Å². The number of hydrogen-bond donors (Lipinski definition) is 1. The Hall–Kier alpha value is -1.48. The van der Waals surface area contributed by atoms with Crippen LogP contribution in [0.3, 0.4) is 0 Å². The van der Waals surface area contributed by atoms with Gasteiger partial charge in [0, 0.05) is 15.0 Å². The molecule has 0 saturated heterocycles. The van der Waals surface area contributed by atoms with Crippen molar-refractivity contribution in [2.24, 2.45) is 0 Å². The molecule has 0 radical (unpaired) electrons. The van der Waals surface area contributed by atoms with Crippen molar-refractivity contribution in [2.45, 2.75) is 25.8 Å². The van der Waals surface area contributed by atoms with Gasteiger partial charge in [0.05, 0.1) is 13.6 Å². The fourth-order valence-electron chi connectivity index (χ4n) is 2.38. The van der Waals surface area contributed by atoms with Gasteiger partial charge in [0.1, 0.15) is 11.4 Å². The van der Waals surface area contributed by atoms with Crippen LogP contribution >= 0.6 is 15.9 Å². The predicted octanol–water partition coefficient (Wildman–Crippen LogP) is 4.40. The highest BCUT2D eigenvalue weighted by atomic mass is 79.9. The van der Waals surface area contributed by atoms with Crippen LogP contribution in [0.5, 0.6) is 0 Å². The Morgan fingerprint density at radius 3 is 2.26 bits per heavy atom. The number of nitrogens with zero attached hydrogens (tertiary/aromatic N) is 1. The predicted molar refractivity (Wildman–Crippen MR) is 84.3 cm³/mol. The molecule has 0 aliphatic rings. The van der Waals surface area contributed by atoms with Crippen LogP contribution in [0.1, 0.15) is 16.1 Å². The maximum atomic E-state index is 14.2. The summed E-state index contributed by atoms with van der Waals surface area (Å²) in [6, 6.07) is 2.36. The van der Waals surface area contributed by atoms with Crippen molar-refractivity contribution in [1.82, 2.24) is 4.98 Å². The van der Waals surface area contributed by atoms with E-state index >= 15 is 0 Å². The highest BCUT2D eigenvalue weighted by molar-refractivity contribution is 9.10. The lowest BCUT2D eigenvalue weighted by molar-refractivity contribution is -0.141. The van der Waals surface area contributed by atoms with Crippen molar-refractivity contribution >= 4 is 46.1 Å². The summed E-state index contributed by atoms with van der Waals surface area (Å²) in [6.07, 6.45) is -4.96. The van der Waals surface area contributed by atoms with E-state index in [9.17, 15) is 22.4 Å². The molecule has 0 bridgehead atoms. The van der Waals surface area contributed by atoms with E-state index in [0.717, 1.165) is 6.07 Å². The van der Waals surface area contributed by atoms with Crippen LogP contribution in [-0.4, -0.2) is 24.1 Å². The lowest BCUT2D eigenvalue weighted by atomic mass is 10.1. The Morgan fingerprint density at radius 2 is 1.83 bits per heavy atom. The maximum absolute atomic E-state index is 14.2. The number of halogens is 5. The molecule has 1 heterocycles. The van der Waals surface area contributed by atoms with E-state index in [0.29, 0.717) is 0 Å². The molecule has 0 amide bonds. The average Bonchev–Trinajstić information content (AvgIpc) is 2.34. The molecule has 2 rings (SSSR count). The van der Waals surface area contributed by atoms with Gasteiger partial charge < -0.3 is 5.11 Å². The average molecular weight is 410 g/mol. The summed E-state index contributed by atoms with van der Waals surface area (Å²) in [5, 5.41) is 9.40. The number of aromatic nitrogens is 1. The molecule has 0 aliphatic carbocycles. The number of carboxylic acids is 1. The first-order valence-corrected chi connectivity index (χ1v) is 10.8. The van der Waals surface area contributed by atoms with Gasteiger partial charge >= 0.3 is 12.1 Å². The monoisotopic (exact) mass is 409 g/mol. The highest BCUT2D eigenvalue weighted by Crippen LogP contribution is 2.37. The van der Waals surface area contributed by atoms with Crippen LogP contribution < -0.4 is 5.19 Å². The van der Waals surface area contributed by atoms with E-state index in [1.165, 1.54) is 6.07 Å². The molecule has 23 heavy (non-hydrogen) atoms. The number of alkyl halides is 3. The molecule has 0 aliphatic heterocycles. The van der Waals surface area contributed by atoms with E-state index in [2.05, 4.69) is 20.9 Å². The zero-order chi connectivity index (χ0) is 17.7. The Bertz CT molecular complexity index is 815. The lowest BCUT2D eigenvalue weighted by Gasteiger charge is -2.21. The van der Waals surface area contributed by atoms with Crippen LogP contribution in [0.2, 0.25) is 19.6 Å². The van der Waals surface area contributed by atoms with Crippen molar-refractivity contribution in [2.75, 3.05) is 0 Å². The molecule has 1 N–H and O–H groups in total. The molecule has 2 aromatic rings. The van der Waals surface area contributed by atoms with Crippen LogP contribution in [0.25, 0.3) is 10.9 Å². The maximum Gasteiger partial charge on any atom is 0.434 e. The van der Waals surface area contributed by atoms with Gasteiger partial charge in [-0.1, -0.05) is 19.6 Å². The molecule has 9 heteroatoms. The SMILES string of the molecule is C[Si](C)(C)c1c(F)ccc2c(Br)c(C(=O)O)c(C(F)(F)F)nc12. The van der Waals surface area contributed by atoms with Gasteiger partial charge in [0.15, 0.2) is 5.69 Å². The fourth-order valence-corrected chi connectivity index (χ4v) is 4.76. The molecule has 0 saturated carbocycles. The van der Waals surface area contributed by atoms with Crippen LogP contribution in [-0.2, 0) is 6.18 Å². The highest BCUT2D eigenvalue weighted by Gasteiger charge is 2.40.